The fourth-order valence-electron chi connectivity index (χ4n) is 1.89. The van der Waals surface area contributed by atoms with Crippen LogP contribution < -0.4 is 10.1 Å². The van der Waals surface area contributed by atoms with Crippen LogP contribution in [0.1, 0.15) is 5.56 Å². The van der Waals surface area contributed by atoms with Crippen molar-refractivity contribution in [2.24, 2.45) is 0 Å². The molecule has 2 amide bonds. The number of amides is 2. The summed E-state index contributed by atoms with van der Waals surface area (Å²) in [5.74, 6) is 0.0816. The summed E-state index contributed by atoms with van der Waals surface area (Å²) in [6.45, 7) is -0.415. The van der Waals surface area contributed by atoms with Crippen LogP contribution in [0, 0.1) is 0 Å². The van der Waals surface area contributed by atoms with Gasteiger partial charge in [-0.05, 0) is 17.7 Å². The molecule has 7 heteroatoms. The maximum atomic E-state index is 12.1. The Labute approximate surface area is 115 Å². The number of morpholine rings is 1. The zero-order valence-corrected chi connectivity index (χ0v) is 10.9. The van der Waals surface area contributed by atoms with E-state index in [-0.39, 0.29) is 18.3 Å². The fraction of sp³-hybridized carbons (Fsp3) is 0.462. The lowest BCUT2D eigenvalue weighted by molar-refractivity contribution is -0.0498. The molecule has 0 aromatic heterocycles. The molecule has 1 heterocycles. The van der Waals surface area contributed by atoms with Gasteiger partial charge in [-0.15, -0.1) is 0 Å². The van der Waals surface area contributed by atoms with E-state index in [1.165, 1.54) is 12.1 Å². The molecule has 20 heavy (non-hydrogen) atoms. The number of nitrogens with zero attached hydrogens (tertiary/aromatic N) is 1. The number of hydrogen-bond acceptors (Lipinski definition) is 3. The van der Waals surface area contributed by atoms with Crippen LogP contribution in [0.3, 0.4) is 0 Å². The minimum Gasteiger partial charge on any atom is -0.435 e. The Kier molecular flexibility index (Phi) is 5.11. The van der Waals surface area contributed by atoms with Crippen LogP contribution in [0.2, 0.25) is 0 Å². The van der Waals surface area contributed by atoms with Gasteiger partial charge < -0.3 is 19.7 Å². The number of alkyl halides is 2. The molecule has 0 aliphatic carbocycles. The van der Waals surface area contributed by atoms with Crippen molar-refractivity contribution in [2.45, 2.75) is 13.2 Å². The SMILES string of the molecule is O=C(NCc1cccc(OC(F)F)c1)N1CCOCC1. The summed E-state index contributed by atoms with van der Waals surface area (Å²) in [4.78, 5) is 13.5. The van der Waals surface area contributed by atoms with Gasteiger partial charge >= 0.3 is 12.6 Å². The van der Waals surface area contributed by atoms with Crippen LogP contribution in [-0.2, 0) is 11.3 Å². The van der Waals surface area contributed by atoms with Crippen molar-refractivity contribution in [3.05, 3.63) is 29.8 Å². The maximum absolute atomic E-state index is 12.1. The summed E-state index contributed by atoms with van der Waals surface area (Å²) in [5.41, 5.74) is 0.699. The largest absolute Gasteiger partial charge is 0.435 e. The summed E-state index contributed by atoms with van der Waals surface area (Å²) in [6, 6.07) is 6.07. The van der Waals surface area contributed by atoms with E-state index in [9.17, 15) is 13.6 Å². The van der Waals surface area contributed by atoms with E-state index in [0.717, 1.165) is 0 Å². The highest BCUT2D eigenvalue weighted by Crippen LogP contribution is 2.15. The molecule has 1 aliphatic heterocycles. The number of hydrogen-bond donors (Lipinski definition) is 1. The van der Waals surface area contributed by atoms with Gasteiger partial charge in [0, 0.05) is 19.6 Å². The summed E-state index contributed by atoms with van der Waals surface area (Å²) in [5, 5.41) is 2.74. The average molecular weight is 286 g/mol. The van der Waals surface area contributed by atoms with E-state index in [1.807, 2.05) is 0 Å². The zero-order valence-electron chi connectivity index (χ0n) is 10.9. The molecular formula is C13H16F2N2O3. The fourth-order valence-corrected chi connectivity index (χ4v) is 1.89. The molecule has 5 nitrogen and oxygen atoms in total. The van der Waals surface area contributed by atoms with Crippen molar-refractivity contribution >= 4 is 6.03 Å². The van der Waals surface area contributed by atoms with Gasteiger partial charge in [-0.1, -0.05) is 12.1 Å². The van der Waals surface area contributed by atoms with Crippen molar-refractivity contribution in [3.63, 3.8) is 0 Å². The van der Waals surface area contributed by atoms with Gasteiger partial charge in [0.25, 0.3) is 0 Å². The number of urea groups is 1. The first-order valence-electron chi connectivity index (χ1n) is 6.29. The summed E-state index contributed by atoms with van der Waals surface area (Å²) < 4.78 is 33.7. The Bertz CT molecular complexity index is 451. The number of benzene rings is 1. The van der Waals surface area contributed by atoms with Crippen molar-refractivity contribution in [3.8, 4) is 5.75 Å². The van der Waals surface area contributed by atoms with Gasteiger partial charge in [0.05, 0.1) is 13.2 Å². The second-order valence-electron chi connectivity index (χ2n) is 4.28. The molecule has 0 atom stereocenters. The third-order valence-corrected chi connectivity index (χ3v) is 2.87. The third-order valence-electron chi connectivity index (χ3n) is 2.87. The van der Waals surface area contributed by atoms with Crippen LogP contribution in [-0.4, -0.2) is 43.8 Å². The van der Waals surface area contributed by atoms with E-state index in [1.54, 1.807) is 17.0 Å². The molecule has 0 unspecified atom stereocenters. The second kappa shape index (κ2) is 7.04. The van der Waals surface area contributed by atoms with Gasteiger partial charge in [-0.3, -0.25) is 0 Å². The molecule has 1 saturated heterocycles. The van der Waals surface area contributed by atoms with E-state index in [2.05, 4.69) is 10.1 Å². The Hall–Kier alpha value is -1.89. The standard InChI is InChI=1S/C13H16F2N2O3/c14-12(15)20-11-3-1-2-10(8-11)9-16-13(18)17-4-6-19-7-5-17/h1-3,8,12H,4-7,9H2,(H,16,18). The molecule has 1 aliphatic rings. The summed E-state index contributed by atoms with van der Waals surface area (Å²) in [7, 11) is 0. The number of ether oxygens (including phenoxy) is 2. The number of carbonyl (C=O) groups is 1. The molecule has 0 radical (unpaired) electrons. The van der Waals surface area contributed by atoms with E-state index in [4.69, 9.17) is 4.74 Å². The summed E-state index contributed by atoms with van der Waals surface area (Å²) >= 11 is 0. The number of rotatable bonds is 4. The highest BCUT2D eigenvalue weighted by atomic mass is 19.3. The van der Waals surface area contributed by atoms with E-state index in [0.29, 0.717) is 31.9 Å². The lowest BCUT2D eigenvalue weighted by atomic mass is 10.2. The lowest BCUT2D eigenvalue weighted by Crippen LogP contribution is -2.45. The van der Waals surface area contributed by atoms with Crippen LogP contribution in [0.15, 0.2) is 24.3 Å². The number of nitrogens with one attached hydrogen (secondary N) is 1. The van der Waals surface area contributed by atoms with Gasteiger partial charge in [0.1, 0.15) is 5.75 Å². The topological polar surface area (TPSA) is 50.8 Å². The van der Waals surface area contributed by atoms with Crippen molar-refractivity contribution in [2.75, 3.05) is 26.3 Å². The number of halogens is 2. The van der Waals surface area contributed by atoms with Gasteiger partial charge in [0.15, 0.2) is 0 Å². The summed E-state index contributed by atoms with van der Waals surface area (Å²) in [6.07, 6.45) is 0. The predicted molar refractivity (Wildman–Crippen MR) is 67.7 cm³/mol. The Morgan fingerprint density at radius 3 is 2.85 bits per heavy atom. The third kappa shape index (κ3) is 4.34. The van der Waals surface area contributed by atoms with Gasteiger partial charge in [-0.25, -0.2) is 4.79 Å². The first-order valence-corrected chi connectivity index (χ1v) is 6.29. The monoisotopic (exact) mass is 286 g/mol. The molecule has 1 aromatic carbocycles. The minimum absolute atomic E-state index is 0.0816. The van der Waals surface area contributed by atoms with E-state index < -0.39 is 6.61 Å². The molecular weight excluding hydrogens is 270 g/mol. The Morgan fingerprint density at radius 1 is 1.40 bits per heavy atom. The molecule has 0 spiro atoms. The zero-order chi connectivity index (χ0) is 14.4. The minimum atomic E-state index is -2.85. The highest BCUT2D eigenvalue weighted by molar-refractivity contribution is 5.74. The Balaban J connectivity index is 1.85. The molecule has 1 N–H and O–H groups in total. The normalized spacial score (nSPS) is 15.2. The van der Waals surface area contributed by atoms with E-state index >= 15 is 0 Å². The molecule has 1 fully saturated rings. The average Bonchev–Trinajstić information content (AvgIpc) is 2.45. The van der Waals surface area contributed by atoms with Crippen molar-refractivity contribution in [1.29, 1.82) is 0 Å². The maximum Gasteiger partial charge on any atom is 0.387 e. The van der Waals surface area contributed by atoms with Crippen LogP contribution in [0.4, 0.5) is 13.6 Å². The van der Waals surface area contributed by atoms with Crippen LogP contribution in [0.5, 0.6) is 5.75 Å². The first kappa shape index (κ1) is 14.5. The lowest BCUT2D eigenvalue weighted by Gasteiger charge is -2.26. The smallest absolute Gasteiger partial charge is 0.387 e. The quantitative estimate of drug-likeness (QED) is 0.918. The predicted octanol–water partition coefficient (Wildman–Crippen LogP) is 1.83. The molecule has 1 aromatic rings. The molecule has 0 saturated carbocycles. The van der Waals surface area contributed by atoms with Gasteiger partial charge in [-0.2, -0.15) is 8.78 Å². The molecule has 2 rings (SSSR count). The Morgan fingerprint density at radius 2 is 2.15 bits per heavy atom. The highest BCUT2D eigenvalue weighted by Gasteiger charge is 2.16. The van der Waals surface area contributed by atoms with Gasteiger partial charge in [0.2, 0.25) is 0 Å². The first-order chi connectivity index (χ1) is 9.65. The second-order valence-corrected chi connectivity index (χ2v) is 4.28. The van der Waals surface area contributed by atoms with Crippen LogP contribution >= 0.6 is 0 Å². The van der Waals surface area contributed by atoms with Crippen molar-refractivity contribution in [1.82, 2.24) is 10.2 Å². The number of carbonyl (C=O) groups excluding carboxylic acids is 1. The van der Waals surface area contributed by atoms with Crippen LogP contribution in [0.25, 0.3) is 0 Å². The molecule has 0 bridgehead atoms. The molecule has 110 valence electrons. The van der Waals surface area contributed by atoms with Crippen molar-refractivity contribution < 1.29 is 23.0 Å².